The first-order valence-corrected chi connectivity index (χ1v) is 5.65. The molecule has 0 amide bonds. The molecule has 0 heterocycles. The van der Waals surface area contributed by atoms with Gasteiger partial charge in [-0.2, -0.15) is 13.2 Å². The van der Waals surface area contributed by atoms with E-state index < -0.39 is 12.8 Å². The van der Waals surface area contributed by atoms with Crippen molar-refractivity contribution >= 4 is 0 Å². The lowest BCUT2D eigenvalue weighted by Gasteiger charge is -2.31. The fraction of sp³-hybridized carbons (Fsp3) is 1.00. The average Bonchev–Trinajstić information content (AvgIpc) is 2.12. The van der Waals surface area contributed by atoms with E-state index in [0.717, 1.165) is 0 Å². The molecular weight excluding hydrogens is 235 g/mol. The maximum Gasteiger partial charge on any atom is 0.411 e. The number of nitrogens with one attached hydrogen (secondary N) is 1. The van der Waals surface area contributed by atoms with Crippen LogP contribution in [-0.4, -0.2) is 43.7 Å². The first-order chi connectivity index (χ1) is 7.67. The molecule has 17 heavy (non-hydrogen) atoms. The Labute approximate surface area is 100 Å². The molecule has 0 fully saturated rings. The fourth-order valence-electron chi connectivity index (χ4n) is 1.46. The molecule has 3 nitrogen and oxygen atoms in total. The summed E-state index contributed by atoms with van der Waals surface area (Å²) in [5.41, 5.74) is -0.0489. The Hall–Kier alpha value is -0.330. The summed E-state index contributed by atoms with van der Waals surface area (Å²) in [6.45, 7) is 5.23. The van der Waals surface area contributed by atoms with Crippen molar-refractivity contribution in [2.45, 2.75) is 39.4 Å². The molecular formula is C11H22F3NO2. The molecule has 0 aliphatic heterocycles. The van der Waals surface area contributed by atoms with Crippen molar-refractivity contribution in [3.8, 4) is 0 Å². The van der Waals surface area contributed by atoms with Gasteiger partial charge in [0.15, 0.2) is 0 Å². The summed E-state index contributed by atoms with van der Waals surface area (Å²) < 4.78 is 39.8. The topological polar surface area (TPSA) is 41.5 Å². The van der Waals surface area contributed by atoms with Crippen LogP contribution in [-0.2, 0) is 4.74 Å². The van der Waals surface area contributed by atoms with Crippen LogP contribution >= 0.6 is 0 Å². The normalized spacial score (nSPS) is 15.0. The molecule has 0 bridgehead atoms. The van der Waals surface area contributed by atoms with Crippen molar-refractivity contribution in [3.05, 3.63) is 0 Å². The maximum absolute atomic E-state index is 11.8. The number of rotatable bonds is 7. The Morgan fingerprint density at radius 3 is 2.24 bits per heavy atom. The summed E-state index contributed by atoms with van der Waals surface area (Å²) >= 11 is 0. The Kier molecular flexibility index (Phi) is 7.04. The second kappa shape index (κ2) is 7.18. The zero-order chi connectivity index (χ0) is 13.5. The summed E-state index contributed by atoms with van der Waals surface area (Å²) in [4.78, 5) is 0. The third-order valence-electron chi connectivity index (χ3n) is 2.37. The van der Waals surface area contributed by atoms with Gasteiger partial charge in [0.05, 0.1) is 6.61 Å². The van der Waals surface area contributed by atoms with Gasteiger partial charge < -0.3 is 15.2 Å². The number of ether oxygens (including phenoxy) is 1. The standard InChI is InChI=1S/C11H22F3NO2/c1-10(2,3)9(4-6-16)15-5-7-17-8-11(12,13)14/h9,15-16H,4-8H2,1-3H3. The van der Waals surface area contributed by atoms with E-state index in [1.54, 1.807) is 0 Å². The molecule has 1 unspecified atom stereocenters. The third kappa shape index (κ3) is 9.38. The molecule has 0 aromatic carbocycles. The highest BCUT2D eigenvalue weighted by Crippen LogP contribution is 2.21. The van der Waals surface area contributed by atoms with E-state index in [-0.39, 0.29) is 24.7 Å². The van der Waals surface area contributed by atoms with Gasteiger partial charge in [0.2, 0.25) is 0 Å². The van der Waals surface area contributed by atoms with Gasteiger partial charge in [-0.15, -0.1) is 0 Å². The van der Waals surface area contributed by atoms with Crippen molar-refractivity contribution in [1.82, 2.24) is 5.32 Å². The summed E-state index contributed by atoms with van der Waals surface area (Å²) in [5.74, 6) is 0. The number of hydrogen-bond acceptors (Lipinski definition) is 3. The van der Waals surface area contributed by atoms with Crippen molar-refractivity contribution < 1.29 is 23.0 Å². The number of aliphatic hydroxyl groups excluding tert-OH is 1. The van der Waals surface area contributed by atoms with Gasteiger partial charge in [0.25, 0.3) is 0 Å². The first kappa shape index (κ1) is 16.7. The van der Waals surface area contributed by atoms with Crippen molar-refractivity contribution in [3.63, 3.8) is 0 Å². The van der Waals surface area contributed by atoms with Crippen LogP contribution < -0.4 is 5.32 Å². The Bertz CT molecular complexity index is 202. The van der Waals surface area contributed by atoms with E-state index in [0.29, 0.717) is 13.0 Å². The molecule has 0 aromatic heterocycles. The summed E-state index contributed by atoms with van der Waals surface area (Å²) in [6.07, 6.45) is -3.70. The van der Waals surface area contributed by atoms with Gasteiger partial charge in [0.1, 0.15) is 6.61 Å². The molecule has 0 aromatic rings. The number of hydrogen-bond donors (Lipinski definition) is 2. The minimum atomic E-state index is -4.27. The predicted molar refractivity (Wildman–Crippen MR) is 59.8 cm³/mol. The van der Waals surface area contributed by atoms with Crippen LogP contribution in [0.2, 0.25) is 0 Å². The average molecular weight is 257 g/mol. The van der Waals surface area contributed by atoms with Crippen LogP contribution in [0.4, 0.5) is 13.2 Å². The molecule has 0 aliphatic carbocycles. The summed E-state index contributed by atoms with van der Waals surface area (Å²) in [6, 6.07) is 0.0574. The number of halogens is 3. The van der Waals surface area contributed by atoms with E-state index in [1.165, 1.54) is 0 Å². The fourth-order valence-corrected chi connectivity index (χ4v) is 1.46. The largest absolute Gasteiger partial charge is 0.411 e. The quantitative estimate of drug-likeness (QED) is 0.685. The van der Waals surface area contributed by atoms with E-state index in [4.69, 9.17) is 5.11 Å². The van der Waals surface area contributed by atoms with E-state index in [1.807, 2.05) is 20.8 Å². The minimum absolute atomic E-state index is 0.0114. The molecule has 0 saturated carbocycles. The van der Waals surface area contributed by atoms with Gasteiger partial charge in [-0.05, 0) is 11.8 Å². The van der Waals surface area contributed by atoms with E-state index >= 15 is 0 Å². The molecule has 0 radical (unpaired) electrons. The van der Waals surface area contributed by atoms with Crippen molar-refractivity contribution in [2.75, 3.05) is 26.4 Å². The van der Waals surface area contributed by atoms with Crippen LogP contribution in [0.25, 0.3) is 0 Å². The zero-order valence-corrected chi connectivity index (χ0v) is 10.6. The molecule has 0 aliphatic rings. The Balaban J connectivity index is 3.77. The first-order valence-electron chi connectivity index (χ1n) is 5.65. The van der Waals surface area contributed by atoms with Crippen LogP contribution in [0.5, 0.6) is 0 Å². The molecule has 1 atom stereocenters. The van der Waals surface area contributed by atoms with Gasteiger partial charge in [0, 0.05) is 19.2 Å². The number of aliphatic hydroxyl groups is 1. The van der Waals surface area contributed by atoms with Crippen LogP contribution in [0.3, 0.4) is 0 Å². The second-order valence-electron chi connectivity index (χ2n) is 5.05. The molecule has 0 spiro atoms. The predicted octanol–water partition coefficient (Wildman–Crippen LogP) is 1.95. The van der Waals surface area contributed by atoms with Gasteiger partial charge in [-0.3, -0.25) is 0 Å². The summed E-state index contributed by atoms with van der Waals surface area (Å²) in [7, 11) is 0. The summed E-state index contributed by atoms with van der Waals surface area (Å²) in [5, 5.41) is 12.0. The number of alkyl halides is 3. The molecule has 6 heteroatoms. The lowest BCUT2D eigenvalue weighted by molar-refractivity contribution is -0.173. The highest BCUT2D eigenvalue weighted by molar-refractivity contribution is 4.79. The third-order valence-corrected chi connectivity index (χ3v) is 2.37. The van der Waals surface area contributed by atoms with Crippen LogP contribution in [0.1, 0.15) is 27.2 Å². The van der Waals surface area contributed by atoms with Crippen LogP contribution in [0.15, 0.2) is 0 Å². The van der Waals surface area contributed by atoms with E-state index in [2.05, 4.69) is 10.1 Å². The lowest BCUT2D eigenvalue weighted by atomic mass is 9.85. The molecule has 0 rings (SSSR count). The van der Waals surface area contributed by atoms with E-state index in [9.17, 15) is 13.2 Å². The Morgan fingerprint density at radius 1 is 1.24 bits per heavy atom. The monoisotopic (exact) mass is 257 g/mol. The van der Waals surface area contributed by atoms with Crippen molar-refractivity contribution in [2.24, 2.45) is 5.41 Å². The maximum atomic E-state index is 11.8. The van der Waals surface area contributed by atoms with Gasteiger partial charge in [-0.25, -0.2) is 0 Å². The van der Waals surface area contributed by atoms with Gasteiger partial charge >= 0.3 is 6.18 Å². The minimum Gasteiger partial charge on any atom is -0.396 e. The smallest absolute Gasteiger partial charge is 0.396 e. The van der Waals surface area contributed by atoms with Gasteiger partial charge in [-0.1, -0.05) is 20.8 Å². The highest BCUT2D eigenvalue weighted by Gasteiger charge is 2.27. The SMILES string of the molecule is CC(C)(C)C(CCO)NCCOCC(F)(F)F. The lowest BCUT2D eigenvalue weighted by Crippen LogP contribution is -2.42. The second-order valence-corrected chi connectivity index (χ2v) is 5.05. The highest BCUT2D eigenvalue weighted by atomic mass is 19.4. The zero-order valence-electron chi connectivity index (χ0n) is 10.6. The molecule has 104 valence electrons. The van der Waals surface area contributed by atoms with Crippen molar-refractivity contribution in [1.29, 1.82) is 0 Å². The molecule has 0 saturated heterocycles. The Morgan fingerprint density at radius 2 is 1.82 bits per heavy atom. The van der Waals surface area contributed by atoms with Crippen LogP contribution in [0, 0.1) is 5.41 Å². The molecule has 2 N–H and O–H groups in total.